The molecule has 0 N–H and O–H groups in total. The van der Waals surface area contributed by atoms with Crippen molar-refractivity contribution in [3.8, 4) is 0 Å². The smallest absolute Gasteiger partial charge is 0.254 e. The number of piperidine rings is 1. The third-order valence-electron chi connectivity index (χ3n) is 6.03. The van der Waals surface area contributed by atoms with Crippen LogP contribution < -0.4 is 0 Å². The zero-order valence-electron chi connectivity index (χ0n) is 19.1. The molecule has 0 atom stereocenters. The van der Waals surface area contributed by atoms with E-state index in [-0.39, 0.29) is 10.8 Å². The largest absolute Gasteiger partial charge is 0.337 e. The first-order chi connectivity index (χ1) is 15.8. The summed E-state index contributed by atoms with van der Waals surface area (Å²) in [5.74, 6) is -0.209. The van der Waals surface area contributed by atoms with Crippen LogP contribution in [0, 0.1) is 6.92 Å². The summed E-state index contributed by atoms with van der Waals surface area (Å²) in [6.45, 7) is 3.94. The molecule has 7 nitrogen and oxygen atoms in total. The second-order valence-corrected chi connectivity index (χ2v) is 10.6. The third kappa shape index (κ3) is 5.34. The summed E-state index contributed by atoms with van der Waals surface area (Å²) >= 11 is 0. The van der Waals surface area contributed by atoms with Gasteiger partial charge in [0.1, 0.15) is 0 Å². The standard InChI is InChI=1S/C25H30N4O3S/c1-20-11-12-23(33(31,32)29-13-7-4-8-14-29)15-24(20)25(30)27(2)17-22-16-26-28(19-22)18-21-9-5-3-6-10-21/h3,5-6,9-12,15-16,19H,4,7-8,13-14,17-18H2,1-2H3. The third-order valence-corrected chi connectivity index (χ3v) is 7.93. The molecule has 2 heterocycles. The van der Waals surface area contributed by atoms with Crippen molar-refractivity contribution in [2.24, 2.45) is 0 Å². The van der Waals surface area contributed by atoms with E-state index in [0.717, 1.165) is 36.0 Å². The van der Waals surface area contributed by atoms with Crippen molar-refractivity contribution in [1.82, 2.24) is 19.0 Å². The highest BCUT2D eigenvalue weighted by Crippen LogP contribution is 2.23. The Morgan fingerprint density at radius 1 is 1.03 bits per heavy atom. The lowest BCUT2D eigenvalue weighted by Gasteiger charge is -2.26. The molecule has 1 saturated heterocycles. The molecule has 0 unspecified atom stereocenters. The van der Waals surface area contributed by atoms with E-state index < -0.39 is 10.0 Å². The number of benzene rings is 2. The summed E-state index contributed by atoms with van der Waals surface area (Å²) < 4.78 is 29.5. The molecule has 33 heavy (non-hydrogen) atoms. The summed E-state index contributed by atoms with van der Waals surface area (Å²) in [5, 5.41) is 4.41. The van der Waals surface area contributed by atoms with Gasteiger partial charge in [-0.1, -0.05) is 42.8 Å². The Hall–Kier alpha value is -2.97. The first kappa shape index (κ1) is 23.2. The lowest BCUT2D eigenvalue weighted by molar-refractivity contribution is 0.0784. The predicted molar refractivity (Wildman–Crippen MR) is 127 cm³/mol. The SMILES string of the molecule is Cc1ccc(S(=O)(=O)N2CCCCC2)cc1C(=O)N(C)Cc1cnn(Cc2ccccc2)c1. The Morgan fingerprint density at radius 3 is 2.48 bits per heavy atom. The van der Waals surface area contributed by atoms with Crippen LogP contribution in [0.4, 0.5) is 0 Å². The number of rotatable bonds is 7. The van der Waals surface area contributed by atoms with Crippen LogP contribution in [0.25, 0.3) is 0 Å². The summed E-state index contributed by atoms with van der Waals surface area (Å²) in [4.78, 5) is 15.0. The van der Waals surface area contributed by atoms with E-state index >= 15 is 0 Å². The quantitative estimate of drug-likeness (QED) is 0.532. The minimum absolute atomic E-state index is 0.183. The van der Waals surface area contributed by atoms with E-state index in [1.54, 1.807) is 30.3 Å². The van der Waals surface area contributed by atoms with Crippen LogP contribution in [0.3, 0.4) is 0 Å². The van der Waals surface area contributed by atoms with Crippen molar-refractivity contribution in [3.05, 3.63) is 83.2 Å². The normalized spacial score (nSPS) is 14.8. The molecule has 0 radical (unpaired) electrons. The Bertz CT molecular complexity index is 1220. The Morgan fingerprint density at radius 2 is 1.76 bits per heavy atom. The van der Waals surface area contributed by atoms with Crippen LogP contribution in [0.2, 0.25) is 0 Å². The first-order valence-corrected chi connectivity index (χ1v) is 12.7. The number of aromatic nitrogens is 2. The van der Waals surface area contributed by atoms with Crippen LogP contribution in [-0.4, -0.2) is 53.4 Å². The number of hydrogen-bond acceptors (Lipinski definition) is 4. The van der Waals surface area contributed by atoms with Gasteiger partial charge >= 0.3 is 0 Å². The van der Waals surface area contributed by atoms with E-state index in [4.69, 9.17) is 0 Å². The summed E-state index contributed by atoms with van der Waals surface area (Å²) in [6.07, 6.45) is 6.49. The van der Waals surface area contributed by atoms with Gasteiger partial charge in [-0.2, -0.15) is 9.40 Å². The van der Waals surface area contributed by atoms with Crippen molar-refractivity contribution < 1.29 is 13.2 Å². The molecule has 1 aliphatic heterocycles. The highest BCUT2D eigenvalue weighted by molar-refractivity contribution is 7.89. The minimum atomic E-state index is -3.60. The van der Waals surface area contributed by atoms with Gasteiger partial charge in [-0.25, -0.2) is 8.42 Å². The second-order valence-electron chi connectivity index (χ2n) is 8.63. The fraction of sp³-hybridized carbons (Fsp3) is 0.360. The molecule has 4 rings (SSSR count). The number of carbonyl (C=O) groups excluding carboxylic acids is 1. The molecule has 0 bridgehead atoms. The predicted octanol–water partition coefficient (Wildman–Crippen LogP) is 3.69. The number of aryl methyl sites for hydroxylation is 1. The number of nitrogens with zero attached hydrogens (tertiary/aromatic N) is 4. The average molecular weight is 467 g/mol. The van der Waals surface area contributed by atoms with E-state index in [9.17, 15) is 13.2 Å². The van der Waals surface area contributed by atoms with Gasteiger partial charge in [-0.3, -0.25) is 9.48 Å². The molecule has 2 aromatic carbocycles. The van der Waals surface area contributed by atoms with E-state index in [2.05, 4.69) is 5.10 Å². The van der Waals surface area contributed by atoms with Crippen LogP contribution in [0.15, 0.2) is 65.8 Å². The van der Waals surface area contributed by atoms with Gasteiger partial charge < -0.3 is 4.90 Å². The zero-order chi connectivity index (χ0) is 23.4. The number of hydrogen-bond donors (Lipinski definition) is 0. The van der Waals surface area contributed by atoms with E-state index in [1.165, 1.54) is 10.4 Å². The fourth-order valence-electron chi connectivity index (χ4n) is 4.14. The molecule has 1 aromatic heterocycles. The van der Waals surface area contributed by atoms with Gasteiger partial charge in [0.05, 0.1) is 17.6 Å². The number of amides is 1. The van der Waals surface area contributed by atoms with Gasteiger partial charge in [-0.05, 0) is 43.0 Å². The Labute approximate surface area is 195 Å². The molecule has 0 spiro atoms. The van der Waals surface area contributed by atoms with Crippen LogP contribution in [0.1, 0.15) is 46.3 Å². The van der Waals surface area contributed by atoms with E-state index in [1.807, 2.05) is 48.1 Å². The highest BCUT2D eigenvalue weighted by atomic mass is 32.2. The van der Waals surface area contributed by atoms with Crippen molar-refractivity contribution in [2.75, 3.05) is 20.1 Å². The van der Waals surface area contributed by atoms with Crippen LogP contribution >= 0.6 is 0 Å². The molecule has 1 fully saturated rings. The lowest BCUT2D eigenvalue weighted by atomic mass is 10.1. The molecule has 1 amide bonds. The van der Waals surface area contributed by atoms with Crippen LogP contribution in [-0.2, 0) is 23.1 Å². The second kappa shape index (κ2) is 9.89. The monoisotopic (exact) mass is 466 g/mol. The first-order valence-electron chi connectivity index (χ1n) is 11.3. The van der Waals surface area contributed by atoms with Gasteiger partial charge in [0.2, 0.25) is 10.0 Å². The minimum Gasteiger partial charge on any atom is -0.337 e. The van der Waals surface area contributed by atoms with Crippen molar-refractivity contribution >= 4 is 15.9 Å². The maximum Gasteiger partial charge on any atom is 0.254 e. The molecule has 0 aliphatic carbocycles. The van der Waals surface area contributed by atoms with Crippen molar-refractivity contribution in [2.45, 2.75) is 44.2 Å². The molecule has 8 heteroatoms. The van der Waals surface area contributed by atoms with Crippen molar-refractivity contribution in [1.29, 1.82) is 0 Å². The van der Waals surface area contributed by atoms with Gasteiger partial charge in [0.25, 0.3) is 5.91 Å². The van der Waals surface area contributed by atoms with Gasteiger partial charge in [-0.15, -0.1) is 0 Å². The molecule has 174 valence electrons. The molecule has 0 saturated carbocycles. The topological polar surface area (TPSA) is 75.5 Å². The summed E-state index contributed by atoms with van der Waals surface area (Å²) in [6, 6.07) is 14.9. The van der Waals surface area contributed by atoms with Crippen molar-refractivity contribution in [3.63, 3.8) is 0 Å². The van der Waals surface area contributed by atoms with Crippen LogP contribution in [0.5, 0.6) is 0 Å². The highest BCUT2D eigenvalue weighted by Gasteiger charge is 2.27. The Kier molecular flexibility index (Phi) is 6.95. The average Bonchev–Trinajstić information content (AvgIpc) is 3.26. The van der Waals surface area contributed by atoms with E-state index in [0.29, 0.717) is 31.7 Å². The maximum atomic E-state index is 13.2. The number of carbonyl (C=O) groups is 1. The van der Waals surface area contributed by atoms with Gasteiger partial charge in [0.15, 0.2) is 0 Å². The molecule has 3 aromatic rings. The molecular formula is C25H30N4O3S. The fourth-order valence-corrected chi connectivity index (χ4v) is 5.69. The number of sulfonamides is 1. The zero-order valence-corrected chi connectivity index (χ0v) is 20.0. The Balaban J connectivity index is 1.48. The summed E-state index contributed by atoms with van der Waals surface area (Å²) in [5.41, 5.74) is 3.23. The van der Waals surface area contributed by atoms with Gasteiger partial charge in [0, 0.05) is 44.0 Å². The maximum absolute atomic E-state index is 13.2. The summed E-state index contributed by atoms with van der Waals surface area (Å²) in [7, 11) is -1.87. The molecular weight excluding hydrogens is 436 g/mol. The lowest BCUT2D eigenvalue weighted by Crippen LogP contribution is -2.35. The molecule has 1 aliphatic rings.